The van der Waals surface area contributed by atoms with Crippen molar-refractivity contribution in [2.75, 3.05) is 40.5 Å². The van der Waals surface area contributed by atoms with Gasteiger partial charge in [-0.3, -0.25) is 4.90 Å². The molecular weight excluding hydrogens is 350 g/mol. The van der Waals surface area contributed by atoms with Crippen molar-refractivity contribution in [1.29, 1.82) is 0 Å². The predicted molar refractivity (Wildman–Crippen MR) is 86.4 cm³/mol. The van der Waals surface area contributed by atoms with Gasteiger partial charge in [0.1, 0.15) is 0 Å². The summed E-state index contributed by atoms with van der Waals surface area (Å²) in [4.78, 5) is 2.42. The Morgan fingerprint density at radius 3 is 2.41 bits per heavy atom. The van der Waals surface area contributed by atoms with Gasteiger partial charge in [-0.05, 0) is 27.6 Å². The number of rotatable bonds is 4. The molecule has 2 heterocycles. The smallest absolute Gasteiger partial charge is 0.175 e. The van der Waals surface area contributed by atoms with Crippen molar-refractivity contribution in [1.82, 2.24) is 4.90 Å². The van der Waals surface area contributed by atoms with Crippen LogP contribution in [-0.4, -0.2) is 51.2 Å². The molecule has 5 nitrogen and oxygen atoms in total. The van der Waals surface area contributed by atoms with Crippen LogP contribution >= 0.6 is 15.9 Å². The molecule has 22 heavy (non-hydrogen) atoms. The van der Waals surface area contributed by atoms with Crippen molar-refractivity contribution < 1.29 is 18.9 Å². The summed E-state index contributed by atoms with van der Waals surface area (Å²) >= 11 is 3.64. The Balaban J connectivity index is 1.67. The van der Waals surface area contributed by atoms with E-state index in [2.05, 4.69) is 26.9 Å². The number of hydrogen-bond acceptors (Lipinski definition) is 5. The zero-order valence-electron chi connectivity index (χ0n) is 13.1. The molecule has 0 atom stereocenters. The standard InChI is InChI=1S/C16H22BrNO4/c1-19-13-4-3-12(14(17)15(13)20-2)11-18-7-5-16(6-8-18)21-9-10-22-16/h3-4H,5-11H2,1-2H3. The first kappa shape index (κ1) is 16.1. The number of ether oxygens (including phenoxy) is 4. The number of benzene rings is 1. The zero-order chi connectivity index (χ0) is 15.6. The average molecular weight is 372 g/mol. The van der Waals surface area contributed by atoms with Crippen LogP contribution in [0.1, 0.15) is 18.4 Å². The zero-order valence-corrected chi connectivity index (χ0v) is 14.6. The number of methoxy groups -OCH3 is 2. The Hall–Kier alpha value is -0.820. The van der Waals surface area contributed by atoms with Crippen molar-refractivity contribution in [3.8, 4) is 11.5 Å². The lowest BCUT2D eigenvalue weighted by Gasteiger charge is -2.37. The normalized spacial score (nSPS) is 21.2. The second-order valence-electron chi connectivity index (χ2n) is 5.66. The van der Waals surface area contributed by atoms with Gasteiger partial charge in [-0.25, -0.2) is 0 Å². The van der Waals surface area contributed by atoms with Gasteiger partial charge in [-0.2, -0.15) is 0 Å². The molecule has 0 radical (unpaired) electrons. The summed E-state index contributed by atoms with van der Waals surface area (Å²) in [5.74, 6) is 1.17. The fourth-order valence-electron chi connectivity index (χ4n) is 3.13. The van der Waals surface area contributed by atoms with Crippen molar-refractivity contribution >= 4 is 15.9 Å². The van der Waals surface area contributed by atoms with Gasteiger partial charge in [-0.1, -0.05) is 6.07 Å². The molecule has 2 aliphatic rings. The highest BCUT2D eigenvalue weighted by molar-refractivity contribution is 9.10. The molecule has 2 saturated heterocycles. The summed E-state index contributed by atoms with van der Waals surface area (Å²) in [5, 5.41) is 0. The van der Waals surface area contributed by atoms with Gasteiger partial charge in [0, 0.05) is 32.5 Å². The molecule has 0 aromatic heterocycles. The molecule has 0 N–H and O–H groups in total. The van der Waals surface area contributed by atoms with E-state index >= 15 is 0 Å². The molecule has 0 saturated carbocycles. The highest BCUT2D eigenvalue weighted by Gasteiger charge is 2.39. The fraction of sp³-hybridized carbons (Fsp3) is 0.625. The SMILES string of the molecule is COc1ccc(CN2CCC3(CC2)OCCO3)c(Br)c1OC. The number of piperidine rings is 1. The fourth-order valence-corrected chi connectivity index (χ4v) is 3.75. The quantitative estimate of drug-likeness (QED) is 0.813. The summed E-state index contributed by atoms with van der Waals surface area (Å²) in [6.45, 7) is 4.26. The van der Waals surface area contributed by atoms with E-state index in [-0.39, 0.29) is 5.79 Å². The van der Waals surface area contributed by atoms with E-state index in [0.717, 1.165) is 61.7 Å². The minimum atomic E-state index is -0.314. The van der Waals surface area contributed by atoms with Gasteiger partial charge in [0.25, 0.3) is 0 Å². The molecule has 2 aliphatic heterocycles. The highest BCUT2D eigenvalue weighted by Crippen LogP contribution is 2.39. The molecule has 6 heteroatoms. The van der Waals surface area contributed by atoms with Gasteiger partial charge >= 0.3 is 0 Å². The minimum Gasteiger partial charge on any atom is -0.493 e. The third kappa shape index (κ3) is 3.11. The molecule has 3 rings (SSSR count). The summed E-state index contributed by atoms with van der Waals surface area (Å²) in [6, 6.07) is 4.03. The Kier molecular flexibility index (Phi) is 4.92. The van der Waals surface area contributed by atoms with Crippen LogP contribution < -0.4 is 9.47 Å². The lowest BCUT2D eigenvalue weighted by Crippen LogP contribution is -2.44. The number of hydrogen-bond donors (Lipinski definition) is 0. The van der Waals surface area contributed by atoms with Crippen LogP contribution in [0, 0.1) is 0 Å². The van der Waals surface area contributed by atoms with Crippen LogP contribution in [0.25, 0.3) is 0 Å². The summed E-state index contributed by atoms with van der Waals surface area (Å²) in [6.07, 6.45) is 1.86. The van der Waals surface area contributed by atoms with E-state index in [1.54, 1.807) is 14.2 Å². The summed E-state index contributed by atoms with van der Waals surface area (Å²) in [5.41, 5.74) is 1.20. The number of nitrogens with zero attached hydrogens (tertiary/aromatic N) is 1. The first-order valence-electron chi connectivity index (χ1n) is 7.57. The van der Waals surface area contributed by atoms with Gasteiger partial charge in [-0.15, -0.1) is 0 Å². The Morgan fingerprint density at radius 1 is 1.14 bits per heavy atom. The van der Waals surface area contributed by atoms with Crippen molar-refractivity contribution in [3.63, 3.8) is 0 Å². The van der Waals surface area contributed by atoms with Crippen molar-refractivity contribution in [2.24, 2.45) is 0 Å². The van der Waals surface area contributed by atoms with Crippen LogP contribution in [0.2, 0.25) is 0 Å². The van der Waals surface area contributed by atoms with Crippen LogP contribution in [0.5, 0.6) is 11.5 Å². The molecule has 2 fully saturated rings. The monoisotopic (exact) mass is 371 g/mol. The van der Waals surface area contributed by atoms with Crippen LogP contribution in [0.3, 0.4) is 0 Å². The molecule has 122 valence electrons. The molecular formula is C16H22BrNO4. The topological polar surface area (TPSA) is 40.2 Å². The molecule has 1 spiro atoms. The van der Waals surface area contributed by atoms with Crippen LogP contribution in [-0.2, 0) is 16.0 Å². The van der Waals surface area contributed by atoms with Crippen molar-refractivity contribution in [3.05, 3.63) is 22.2 Å². The van der Waals surface area contributed by atoms with E-state index in [9.17, 15) is 0 Å². The second kappa shape index (κ2) is 6.74. The lowest BCUT2D eigenvalue weighted by molar-refractivity contribution is -0.185. The van der Waals surface area contributed by atoms with E-state index in [4.69, 9.17) is 18.9 Å². The lowest BCUT2D eigenvalue weighted by atomic mass is 10.0. The second-order valence-corrected chi connectivity index (χ2v) is 6.45. The van der Waals surface area contributed by atoms with E-state index in [0.29, 0.717) is 0 Å². The van der Waals surface area contributed by atoms with Gasteiger partial charge in [0.05, 0.1) is 31.9 Å². The molecule has 1 aromatic carbocycles. The van der Waals surface area contributed by atoms with E-state index in [1.165, 1.54) is 5.56 Å². The van der Waals surface area contributed by atoms with Gasteiger partial charge in [0.2, 0.25) is 0 Å². The molecule has 0 bridgehead atoms. The van der Waals surface area contributed by atoms with Crippen molar-refractivity contribution in [2.45, 2.75) is 25.2 Å². The molecule has 0 aliphatic carbocycles. The predicted octanol–water partition coefficient (Wildman–Crippen LogP) is 2.81. The largest absolute Gasteiger partial charge is 0.493 e. The minimum absolute atomic E-state index is 0.314. The average Bonchev–Trinajstić information content (AvgIpc) is 2.99. The maximum absolute atomic E-state index is 5.78. The maximum Gasteiger partial charge on any atom is 0.175 e. The molecule has 0 unspecified atom stereocenters. The summed E-state index contributed by atoms with van der Waals surface area (Å²) < 4.78 is 23.3. The van der Waals surface area contributed by atoms with E-state index in [1.807, 2.05) is 6.07 Å². The molecule has 0 amide bonds. The van der Waals surface area contributed by atoms with E-state index < -0.39 is 0 Å². The Labute approximate surface area is 139 Å². The van der Waals surface area contributed by atoms with Gasteiger partial charge in [0.15, 0.2) is 17.3 Å². The summed E-state index contributed by atoms with van der Waals surface area (Å²) in [7, 11) is 3.31. The number of halogens is 1. The van der Waals surface area contributed by atoms with Crippen LogP contribution in [0.15, 0.2) is 16.6 Å². The maximum atomic E-state index is 5.78. The van der Waals surface area contributed by atoms with Gasteiger partial charge < -0.3 is 18.9 Å². The molecule has 1 aromatic rings. The third-order valence-electron chi connectivity index (χ3n) is 4.39. The first-order chi connectivity index (χ1) is 10.7. The number of likely N-dealkylation sites (tertiary alicyclic amines) is 1. The highest BCUT2D eigenvalue weighted by atomic mass is 79.9. The first-order valence-corrected chi connectivity index (χ1v) is 8.36. The Morgan fingerprint density at radius 2 is 1.82 bits per heavy atom. The third-order valence-corrected chi connectivity index (χ3v) is 5.26. The van der Waals surface area contributed by atoms with Crippen LogP contribution in [0.4, 0.5) is 0 Å². The Bertz CT molecular complexity index is 521.